The predicted molar refractivity (Wildman–Crippen MR) is 219 cm³/mol. The van der Waals surface area contributed by atoms with Crippen molar-refractivity contribution in [1.82, 2.24) is 0 Å². The number of hydrogen-bond acceptors (Lipinski definition) is 11. The molecule has 0 saturated carbocycles. The number of aliphatic hydroxyl groups excluding tert-OH is 4. The normalized spacial score (nSPS) is 10.5. The summed E-state index contributed by atoms with van der Waals surface area (Å²) < 4.78 is 50.7. The molecule has 0 spiro atoms. The molecule has 0 aliphatic heterocycles. The van der Waals surface area contributed by atoms with Crippen LogP contribution in [-0.4, -0.2) is 104 Å². The van der Waals surface area contributed by atoms with Crippen LogP contribution in [0.5, 0.6) is 0 Å². The van der Waals surface area contributed by atoms with Crippen LogP contribution < -0.4 is 59.1 Å². The Labute approximate surface area is 385 Å². The predicted octanol–water partition coefficient (Wildman–Crippen LogP) is 3.10. The van der Waals surface area contributed by atoms with Gasteiger partial charge in [0.2, 0.25) is 0 Å². The summed E-state index contributed by atoms with van der Waals surface area (Å²) in [5, 5.41) is 34.0. The van der Waals surface area contributed by atoms with Gasteiger partial charge in [-0.25, -0.2) is 0 Å². The molecule has 55 heavy (non-hydrogen) atoms. The van der Waals surface area contributed by atoms with E-state index in [2.05, 4.69) is 41.5 Å². The van der Waals surface area contributed by atoms with Gasteiger partial charge in [-0.2, -0.15) is 0 Å². The minimum atomic E-state index is -5.17. The summed E-state index contributed by atoms with van der Waals surface area (Å²) in [4.78, 5) is 0. The molecule has 0 aliphatic rings. The number of ether oxygens (including phenoxy) is 3. The van der Waals surface area contributed by atoms with E-state index in [1.54, 1.807) is 0 Å². The van der Waals surface area contributed by atoms with E-state index in [0.29, 0.717) is 0 Å². The van der Waals surface area contributed by atoms with E-state index < -0.39 is 42.2 Å². The van der Waals surface area contributed by atoms with E-state index in [4.69, 9.17) is 52.2 Å². The van der Waals surface area contributed by atoms with Gasteiger partial charge in [-0.3, -0.25) is 8.42 Å². The monoisotopic (exact) mass is 837 g/mol. The second-order valence-electron chi connectivity index (χ2n) is 13.7. The molecule has 14 heteroatoms. The van der Waals surface area contributed by atoms with E-state index in [1.165, 1.54) is 154 Å². The van der Waals surface area contributed by atoms with E-state index in [-0.39, 0.29) is 59.1 Å². The van der Waals surface area contributed by atoms with Crippen molar-refractivity contribution in [1.29, 1.82) is 0 Å². The number of aliphatic hydroxyl groups is 4. The SMILES string of the molecule is CCCCCCOCCCCCC.CCCCCCOCCCCCC.CCCCCCOCCCCCC.O=S(=O)([O-])[O-].OCC(CO)(CO)CO.[Na+].[Na+]. The van der Waals surface area contributed by atoms with Gasteiger partial charge in [0.15, 0.2) is 0 Å². The molecule has 0 bridgehead atoms. The number of hydrogen-bond donors (Lipinski definition) is 4. The summed E-state index contributed by atoms with van der Waals surface area (Å²) in [5.74, 6) is 0. The minimum Gasteiger partial charge on any atom is -0.759 e. The smallest absolute Gasteiger partial charge is 0.759 e. The Morgan fingerprint density at radius 2 is 0.509 bits per heavy atom. The van der Waals surface area contributed by atoms with Gasteiger partial charge in [0.05, 0.1) is 31.8 Å². The molecule has 0 aromatic rings. The molecule has 0 radical (unpaired) electrons. The summed E-state index contributed by atoms with van der Waals surface area (Å²) in [5.41, 5.74) is -1.11. The maximum absolute atomic E-state index is 8.52. The van der Waals surface area contributed by atoms with Gasteiger partial charge in [0.25, 0.3) is 0 Å². The van der Waals surface area contributed by atoms with E-state index in [1.807, 2.05) is 0 Å². The first-order valence-corrected chi connectivity index (χ1v) is 22.7. The van der Waals surface area contributed by atoms with Crippen LogP contribution in [0.3, 0.4) is 0 Å². The standard InChI is InChI=1S/3C12H26O.C5H12O4.2Na.H2O4S/c3*1-3-5-7-9-11-13-12-10-8-6-4-2;6-1-5(2-7,3-8)4-9;;;1-5(2,3)4/h3*3-12H2,1-2H3;6-9H,1-4H2;;;(H2,1,2,3,4)/q;;;;2*+1;/p-2. The Morgan fingerprint density at radius 1 is 0.364 bits per heavy atom. The van der Waals surface area contributed by atoms with Crippen molar-refractivity contribution in [3.63, 3.8) is 0 Å². The molecule has 0 atom stereocenters. The summed E-state index contributed by atoms with van der Waals surface area (Å²) in [7, 11) is -5.17. The van der Waals surface area contributed by atoms with Gasteiger partial charge in [-0.15, -0.1) is 0 Å². The molecule has 0 aromatic carbocycles. The molecule has 0 aromatic heterocycles. The summed E-state index contributed by atoms with van der Waals surface area (Å²) in [6.45, 7) is 17.7. The fourth-order valence-electron chi connectivity index (χ4n) is 4.39. The summed E-state index contributed by atoms with van der Waals surface area (Å²) in [6.07, 6.45) is 31.6. The third-order valence-electron chi connectivity index (χ3n) is 8.20. The first-order valence-electron chi connectivity index (χ1n) is 21.3. The van der Waals surface area contributed by atoms with Crippen molar-refractivity contribution in [2.24, 2.45) is 5.41 Å². The zero-order valence-electron chi connectivity index (χ0n) is 37.6. The molecule has 0 amide bonds. The summed E-state index contributed by atoms with van der Waals surface area (Å²) in [6, 6.07) is 0. The van der Waals surface area contributed by atoms with Crippen LogP contribution in [0.15, 0.2) is 0 Å². The first-order chi connectivity index (χ1) is 25.5. The third kappa shape index (κ3) is 84.0. The second kappa shape index (κ2) is 64.7. The maximum atomic E-state index is 8.52. The molecule has 11 nitrogen and oxygen atoms in total. The van der Waals surface area contributed by atoms with Gasteiger partial charge < -0.3 is 43.7 Å². The van der Waals surface area contributed by atoms with Crippen LogP contribution in [0.25, 0.3) is 0 Å². The molecule has 328 valence electrons. The van der Waals surface area contributed by atoms with Crippen LogP contribution in [0.4, 0.5) is 0 Å². The number of rotatable bonds is 34. The van der Waals surface area contributed by atoms with Crippen molar-refractivity contribution >= 4 is 10.4 Å². The quantitative estimate of drug-likeness (QED) is 0.0323. The Kier molecular flexibility index (Phi) is 83.7. The molecule has 0 unspecified atom stereocenters. The Hall–Kier alpha value is 1.59. The average Bonchev–Trinajstić information content (AvgIpc) is 3.14. The van der Waals surface area contributed by atoms with Crippen LogP contribution in [0.2, 0.25) is 0 Å². The van der Waals surface area contributed by atoms with Crippen molar-refractivity contribution < 1.29 is 111 Å². The van der Waals surface area contributed by atoms with Crippen molar-refractivity contribution in [3.8, 4) is 0 Å². The van der Waals surface area contributed by atoms with Crippen LogP contribution in [-0.2, 0) is 24.6 Å². The van der Waals surface area contributed by atoms with Gasteiger partial charge in [-0.05, 0) is 38.5 Å². The zero-order valence-corrected chi connectivity index (χ0v) is 42.4. The van der Waals surface area contributed by atoms with Crippen molar-refractivity contribution in [3.05, 3.63) is 0 Å². The molecular formula is C41H90Na2O11S. The molecule has 0 aliphatic carbocycles. The zero-order chi connectivity index (χ0) is 41.2. The molecule has 0 heterocycles. The van der Waals surface area contributed by atoms with Crippen molar-refractivity contribution in [2.75, 3.05) is 66.1 Å². The van der Waals surface area contributed by atoms with E-state index in [9.17, 15) is 0 Å². The molecule has 4 N–H and O–H groups in total. The topological polar surface area (TPSA) is 189 Å². The minimum absolute atomic E-state index is 0. The molecule has 0 rings (SSSR count). The molecule has 0 saturated heterocycles. The van der Waals surface area contributed by atoms with E-state index >= 15 is 0 Å². The van der Waals surface area contributed by atoms with Crippen molar-refractivity contribution in [2.45, 2.75) is 196 Å². The van der Waals surface area contributed by atoms with Gasteiger partial charge in [0.1, 0.15) is 0 Å². The fraction of sp³-hybridized carbons (Fsp3) is 1.00. The largest absolute Gasteiger partial charge is 1.00 e. The van der Waals surface area contributed by atoms with Crippen LogP contribution in [0.1, 0.15) is 196 Å². The van der Waals surface area contributed by atoms with E-state index in [0.717, 1.165) is 39.6 Å². The second-order valence-corrected chi connectivity index (χ2v) is 14.6. The van der Waals surface area contributed by atoms with Crippen LogP contribution in [0, 0.1) is 5.41 Å². The van der Waals surface area contributed by atoms with Gasteiger partial charge >= 0.3 is 59.1 Å². The Bertz CT molecular complexity index is 598. The first kappa shape index (κ1) is 71.1. The Morgan fingerprint density at radius 3 is 0.600 bits per heavy atom. The molecular weight excluding hydrogens is 746 g/mol. The van der Waals surface area contributed by atoms with Crippen LogP contribution >= 0.6 is 0 Å². The summed E-state index contributed by atoms with van der Waals surface area (Å²) >= 11 is 0. The maximum Gasteiger partial charge on any atom is 1.00 e. The average molecular weight is 837 g/mol. The Balaban J connectivity index is -0.000000107. The third-order valence-corrected chi connectivity index (χ3v) is 8.20. The number of unbranched alkanes of at least 4 members (excludes halogenated alkanes) is 18. The van der Waals surface area contributed by atoms with Gasteiger partial charge in [0, 0.05) is 50.0 Å². The fourth-order valence-corrected chi connectivity index (χ4v) is 4.39. The van der Waals surface area contributed by atoms with Gasteiger partial charge in [-0.1, -0.05) is 157 Å². The molecule has 0 fully saturated rings.